The lowest BCUT2D eigenvalue weighted by molar-refractivity contribution is 0.0144. The number of carboxylic acids is 1. The minimum atomic E-state index is -1.04. The average Bonchev–Trinajstić information content (AvgIpc) is 3.53. The molecule has 1 aromatic carbocycles. The molecule has 4 heterocycles. The quantitative estimate of drug-likeness (QED) is 0.513. The maximum Gasteiger partial charge on any atom is 0.354 e. The molecule has 9 heteroatoms. The molecule has 2 saturated heterocycles. The molecule has 3 aromatic rings. The van der Waals surface area contributed by atoms with Gasteiger partial charge in [-0.2, -0.15) is 0 Å². The minimum absolute atomic E-state index is 0.0233. The van der Waals surface area contributed by atoms with Crippen molar-refractivity contribution in [3.8, 4) is 11.3 Å². The number of carbonyl (C=O) groups is 1. The Bertz CT molecular complexity index is 1260. The molecule has 1 aliphatic carbocycles. The van der Waals surface area contributed by atoms with E-state index in [1.54, 1.807) is 13.0 Å². The van der Waals surface area contributed by atoms with Gasteiger partial charge in [0.2, 0.25) is 5.95 Å². The Kier molecular flexibility index (Phi) is 5.51. The van der Waals surface area contributed by atoms with Crippen molar-refractivity contribution in [1.82, 2.24) is 15.1 Å². The van der Waals surface area contributed by atoms with E-state index in [-0.39, 0.29) is 29.7 Å². The number of rotatable bonds is 7. The molecule has 0 radical (unpaired) electrons. The topological polar surface area (TPSA) is 102 Å². The van der Waals surface area contributed by atoms with Crippen LogP contribution >= 0.6 is 0 Å². The Morgan fingerprint density at radius 1 is 1.17 bits per heavy atom. The number of nitrogens with zero attached hydrogens (tertiary/aromatic N) is 4. The van der Waals surface area contributed by atoms with E-state index < -0.39 is 5.97 Å². The number of piperidine rings is 1. The molecule has 2 aliphatic heterocycles. The highest BCUT2D eigenvalue weighted by Crippen LogP contribution is 2.45. The van der Waals surface area contributed by atoms with Gasteiger partial charge in [-0.15, -0.1) is 0 Å². The van der Waals surface area contributed by atoms with E-state index in [9.17, 15) is 14.3 Å². The molecule has 1 N–H and O–H groups in total. The van der Waals surface area contributed by atoms with Gasteiger partial charge in [-0.1, -0.05) is 17.3 Å². The van der Waals surface area contributed by atoms with Crippen LogP contribution < -0.4 is 4.90 Å². The van der Waals surface area contributed by atoms with Crippen LogP contribution in [-0.4, -0.2) is 44.4 Å². The molecular formula is C26H27FN4O4. The van der Waals surface area contributed by atoms with Crippen LogP contribution in [-0.2, 0) is 11.3 Å². The predicted molar refractivity (Wildman–Crippen MR) is 125 cm³/mol. The largest absolute Gasteiger partial charge is 0.477 e. The van der Waals surface area contributed by atoms with Gasteiger partial charge in [0, 0.05) is 34.8 Å². The number of halogens is 1. The first-order valence-electron chi connectivity index (χ1n) is 12.2. The molecule has 182 valence electrons. The first kappa shape index (κ1) is 22.2. The van der Waals surface area contributed by atoms with E-state index in [0.29, 0.717) is 35.4 Å². The Morgan fingerprint density at radius 3 is 2.63 bits per heavy atom. The fraction of sp³-hybridized carbons (Fsp3) is 0.462. The summed E-state index contributed by atoms with van der Waals surface area (Å²) in [5, 5.41) is 13.7. The number of aromatic nitrogens is 3. The minimum Gasteiger partial charge on any atom is -0.477 e. The van der Waals surface area contributed by atoms with Crippen molar-refractivity contribution in [1.29, 1.82) is 0 Å². The van der Waals surface area contributed by atoms with Crippen LogP contribution in [0.2, 0.25) is 0 Å². The second-order valence-electron chi connectivity index (χ2n) is 9.86. The number of carboxylic acid groups (broad SMARTS) is 1. The molecule has 2 atom stereocenters. The molecule has 8 nitrogen and oxygen atoms in total. The van der Waals surface area contributed by atoms with E-state index >= 15 is 0 Å². The number of hydrogen-bond donors (Lipinski definition) is 1. The summed E-state index contributed by atoms with van der Waals surface area (Å²) in [6, 6.07) is 8.32. The van der Waals surface area contributed by atoms with E-state index in [2.05, 4.69) is 20.0 Å². The predicted octanol–water partition coefficient (Wildman–Crippen LogP) is 4.87. The molecule has 3 aliphatic rings. The van der Waals surface area contributed by atoms with Crippen molar-refractivity contribution < 1.29 is 23.6 Å². The molecule has 0 spiro atoms. The fourth-order valence-corrected chi connectivity index (χ4v) is 5.56. The van der Waals surface area contributed by atoms with E-state index in [1.165, 1.54) is 18.2 Å². The van der Waals surface area contributed by atoms with Crippen LogP contribution in [0, 0.1) is 12.7 Å². The van der Waals surface area contributed by atoms with Crippen molar-refractivity contribution in [2.75, 3.05) is 4.90 Å². The zero-order chi connectivity index (χ0) is 24.1. The first-order valence-corrected chi connectivity index (χ1v) is 12.2. The molecule has 2 bridgehead atoms. The van der Waals surface area contributed by atoms with Gasteiger partial charge in [-0.05, 0) is 63.6 Å². The van der Waals surface area contributed by atoms with Gasteiger partial charge < -0.3 is 19.3 Å². The third-order valence-electron chi connectivity index (χ3n) is 7.31. The van der Waals surface area contributed by atoms with E-state index in [4.69, 9.17) is 9.26 Å². The number of aryl methyl sites for hydroxylation is 1. The average molecular weight is 479 g/mol. The third-order valence-corrected chi connectivity index (χ3v) is 7.31. The van der Waals surface area contributed by atoms with Crippen LogP contribution in [0.25, 0.3) is 11.3 Å². The van der Waals surface area contributed by atoms with Gasteiger partial charge in [0.25, 0.3) is 0 Å². The normalized spacial score (nSPS) is 23.6. The van der Waals surface area contributed by atoms with E-state index in [1.807, 2.05) is 6.07 Å². The standard InChI is InChI=1S/C26H27FN4O4/c1-14-9-22(25(32)33)29-26(28-14)31-18-7-8-19(31)12-20(11-18)34-13-21-23(16-3-2-4-17(27)10-16)30-35-24(21)15-5-6-15/h2-4,9-10,15,18-20H,5-8,11-13H2,1H3,(H,32,33). The van der Waals surface area contributed by atoms with Crippen molar-refractivity contribution in [3.63, 3.8) is 0 Å². The van der Waals surface area contributed by atoms with Crippen molar-refractivity contribution in [2.24, 2.45) is 0 Å². The Labute approximate surface area is 202 Å². The van der Waals surface area contributed by atoms with E-state index in [0.717, 1.165) is 49.8 Å². The highest BCUT2D eigenvalue weighted by atomic mass is 19.1. The number of ether oxygens (including phenoxy) is 1. The summed E-state index contributed by atoms with van der Waals surface area (Å²) < 4.78 is 26.0. The van der Waals surface area contributed by atoms with Crippen LogP contribution in [0.1, 0.15) is 71.9 Å². The number of hydrogen-bond acceptors (Lipinski definition) is 7. The second kappa shape index (κ2) is 8.71. The van der Waals surface area contributed by atoms with Gasteiger partial charge in [-0.25, -0.2) is 19.2 Å². The summed E-state index contributed by atoms with van der Waals surface area (Å²) in [6.07, 6.45) is 5.82. The van der Waals surface area contributed by atoms with Gasteiger partial charge in [0.05, 0.1) is 12.7 Å². The molecule has 0 amide bonds. The summed E-state index contributed by atoms with van der Waals surface area (Å²) in [4.78, 5) is 22.5. The molecule has 2 unspecified atom stereocenters. The number of aromatic carboxylic acids is 1. The summed E-state index contributed by atoms with van der Waals surface area (Å²) in [6.45, 7) is 2.16. The third kappa shape index (κ3) is 4.29. The monoisotopic (exact) mass is 478 g/mol. The highest BCUT2D eigenvalue weighted by Gasteiger charge is 2.43. The zero-order valence-electron chi connectivity index (χ0n) is 19.5. The molecular weight excluding hydrogens is 451 g/mol. The van der Waals surface area contributed by atoms with Crippen molar-refractivity contribution in [2.45, 2.75) is 76.2 Å². The lowest BCUT2D eigenvalue weighted by atomic mass is 9.99. The maximum atomic E-state index is 13.9. The molecule has 2 aromatic heterocycles. The molecule has 1 saturated carbocycles. The summed E-state index contributed by atoms with van der Waals surface area (Å²) in [5.41, 5.74) is 2.94. The summed E-state index contributed by atoms with van der Waals surface area (Å²) >= 11 is 0. The lowest BCUT2D eigenvalue weighted by Gasteiger charge is -2.39. The Morgan fingerprint density at radius 2 is 1.94 bits per heavy atom. The van der Waals surface area contributed by atoms with Gasteiger partial charge in [-0.3, -0.25) is 0 Å². The molecule has 35 heavy (non-hydrogen) atoms. The molecule has 6 rings (SSSR count). The van der Waals surface area contributed by atoms with Crippen LogP contribution in [0.3, 0.4) is 0 Å². The zero-order valence-corrected chi connectivity index (χ0v) is 19.5. The smallest absolute Gasteiger partial charge is 0.354 e. The van der Waals surface area contributed by atoms with Crippen LogP contribution in [0.5, 0.6) is 0 Å². The fourth-order valence-electron chi connectivity index (χ4n) is 5.56. The van der Waals surface area contributed by atoms with Crippen LogP contribution in [0.4, 0.5) is 10.3 Å². The Balaban J connectivity index is 1.19. The van der Waals surface area contributed by atoms with Crippen molar-refractivity contribution in [3.05, 3.63) is 58.9 Å². The SMILES string of the molecule is Cc1cc(C(=O)O)nc(N2C3CCC2CC(OCc2c(-c4cccc(F)c4)noc2C2CC2)C3)n1. The first-order chi connectivity index (χ1) is 17.0. The highest BCUT2D eigenvalue weighted by molar-refractivity contribution is 5.85. The second-order valence-corrected chi connectivity index (χ2v) is 9.86. The summed E-state index contributed by atoms with van der Waals surface area (Å²) in [5.74, 6) is 0.370. The van der Waals surface area contributed by atoms with Gasteiger partial charge in [0.1, 0.15) is 17.3 Å². The molecule has 3 fully saturated rings. The van der Waals surface area contributed by atoms with Gasteiger partial charge in [0.15, 0.2) is 5.69 Å². The maximum absolute atomic E-state index is 13.9. The number of fused-ring (bicyclic) bond motifs is 2. The van der Waals surface area contributed by atoms with Crippen molar-refractivity contribution >= 4 is 11.9 Å². The summed E-state index contributed by atoms with van der Waals surface area (Å²) in [7, 11) is 0. The number of anilines is 1. The lowest BCUT2D eigenvalue weighted by Crippen LogP contribution is -2.46. The number of benzene rings is 1. The van der Waals surface area contributed by atoms with Gasteiger partial charge >= 0.3 is 5.97 Å². The Hall–Kier alpha value is -3.33. The van der Waals surface area contributed by atoms with Crippen LogP contribution in [0.15, 0.2) is 34.9 Å².